The van der Waals surface area contributed by atoms with Crippen LogP contribution in [0.25, 0.3) is 22.3 Å². The summed E-state index contributed by atoms with van der Waals surface area (Å²) in [4.78, 5) is 12.3. The highest BCUT2D eigenvalue weighted by Crippen LogP contribution is 2.40. The molecule has 3 aromatic rings. The average molecular weight is 270 g/mol. The lowest BCUT2D eigenvalue weighted by Crippen LogP contribution is -1.92. The maximum Gasteiger partial charge on any atom is 0.196 e. The first-order valence-electron chi connectivity index (χ1n) is 6.64. The Morgan fingerprint density at radius 2 is 1.05 bits per heavy atom. The first-order valence-corrected chi connectivity index (χ1v) is 6.64. The van der Waals surface area contributed by atoms with Crippen molar-refractivity contribution in [3.63, 3.8) is 0 Å². The molecule has 0 N–H and O–H groups in total. The molecule has 5 heteroatoms. The summed E-state index contributed by atoms with van der Waals surface area (Å²) in [6, 6.07) is 0. The van der Waals surface area contributed by atoms with Crippen LogP contribution in [0.1, 0.15) is 22.8 Å². The number of aromatic nitrogens is 4. The maximum atomic E-state index is 12.3. The van der Waals surface area contributed by atoms with Gasteiger partial charge in [0.2, 0.25) is 0 Å². The van der Waals surface area contributed by atoms with Crippen molar-refractivity contribution in [1.29, 1.82) is 0 Å². The second-order valence-corrected chi connectivity index (χ2v) is 5.42. The highest BCUT2D eigenvalue weighted by Gasteiger charge is 2.32. The van der Waals surface area contributed by atoms with Crippen LogP contribution in [-0.4, -0.2) is 19.6 Å². The largest absolute Gasteiger partial charge is 0.289 e. The summed E-state index contributed by atoms with van der Waals surface area (Å²) in [6.45, 7) is 7.88. The lowest BCUT2D eigenvalue weighted by atomic mass is 10.1. The van der Waals surface area contributed by atoms with E-state index >= 15 is 0 Å². The molecule has 104 valence electrons. The Balaban J connectivity index is 2.20. The molecular weight excluding hydrogens is 252 g/mol. The van der Waals surface area contributed by atoms with Gasteiger partial charge >= 0.3 is 0 Å². The van der Waals surface area contributed by atoms with E-state index in [9.17, 15) is 4.79 Å². The molecule has 0 amide bonds. The second-order valence-electron chi connectivity index (χ2n) is 5.42. The Bertz CT molecular complexity index is 773. The monoisotopic (exact) mass is 270 g/mol. The van der Waals surface area contributed by atoms with Crippen LogP contribution in [-0.2, 0) is 14.1 Å². The summed E-state index contributed by atoms with van der Waals surface area (Å²) < 4.78 is 3.65. The Labute approximate surface area is 117 Å². The minimum absolute atomic E-state index is 0.128. The SMILES string of the molecule is Cc1nn(C)c(C)c1-c1c(-c2c(C)nn(C)c2C)c1=O. The first kappa shape index (κ1) is 12.8. The van der Waals surface area contributed by atoms with Gasteiger partial charge in [-0.05, 0) is 27.7 Å². The number of hydrogen-bond acceptors (Lipinski definition) is 3. The van der Waals surface area contributed by atoms with Gasteiger partial charge in [0, 0.05) is 47.7 Å². The molecule has 0 aliphatic heterocycles. The van der Waals surface area contributed by atoms with Crippen LogP contribution in [0.4, 0.5) is 0 Å². The molecule has 0 fully saturated rings. The third-order valence-corrected chi connectivity index (χ3v) is 4.16. The summed E-state index contributed by atoms with van der Waals surface area (Å²) in [5.41, 5.74) is 7.58. The molecule has 5 nitrogen and oxygen atoms in total. The van der Waals surface area contributed by atoms with Gasteiger partial charge in [0.15, 0.2) is 5.43 Å². The Morgan fingerprint density at radius 1 is 0.700 bits per heavy atom. The fourth-order valence-electron chi connectivity index (χ4n) is 2.92. The minimum Gasteiger partial charge on any atom is -0.289 e. The fraction of sp³-hybridized carbons (Fsp3) is 0.400. The normalized spacial score (nSPS) is 11.7. The van der Waals surface area contributed by atoms with Gasteiger partial charge in [-0.25, -0.2) is 0 Å². The summed E-state index contributed by atoms with van der Waals surface area (Å²) in [6.07, 6.45) is 0. The Hall–Kier alpha value is -2.17. The van der Waals surface area contributed by atoms with E-state index in [1.54, 1.807) is 0 Å². The number of aryl methyl sites for hydroxylation is 4. The zero-order chi connectivity index (χ0) is 14.8. The van der Waals surface area contributed by atoms with Crippen molar-refractivity contribution in [2.75, 3.05) is 0 Å². The third kappa shape index (κ3) is 1.52. The van der Waals surface area contributed by atoms with E-state index in [1.807, 2.05) is 51.2 Å². The molecule has 0 spiro atoms. The van der Waals surface area contributed by atoms with Gasteiger partial charge in [-0.15, -0.1) is 0 Å². The predicted octanol–water partition coefficient (Wildman–Crippen LogP) is 1.96. The van der Waals surface area contributed by atoms with E-state index < -0.39 is 0 Å². The van der Waals surface area contributed by atoms with Crippen molar-refractivity contribution in [3.05, 3.63) is 33.0 Å². The van der Waals surface area contributed by atoms with Crippen molar-refractivity contribution in [1.82, 2.24) is 19.6 Å². The van der Waals surface area contributed by atoms with E-state index in [0.29, 0.717) is 0 Å². The van der Waals surface area contributed by atoms with Crippen LogP contribution in [0.5, 0.6) is 0 Å². The van der Waals surface area contributed by atoms with Crippen molar-refractivity contribution in [2.24, 2.45) is 14.1 Å². The number of rotatable bonds is 2. The van der Waals surface area contributed by atoms with E-state index in [2.05, 4.69) is 10.2 Å². The summed E-state index contributed by atoms with van der Waals surface area (Å²) in [7, 11) is 3.80. The van der Waals surface area contributed by atoms with Gasteiger partial charge in [0.25, 0.3) is 0 Å². The van der Waals surface area contributed by atoms with Gasteiger partial charge in [-0.2, -0.15) is 10.2 Å². The number of hydrogen-bond donors (Lipinski definition) is 0. The molecule has 0 atom stereocenters. The average Bonchev–Trinajstić information content (AvgIpc) is 2.81. The standard InChI is InChI=1S/C15H18N4O/c1-7-11(9(3)18(5)16-7)13-14(15(13)20)12-8(2)17-19(6)10(12)4/h1-6H3. The van der Waals surface area contributed by atoms with Crippen LogP contribution in [0.2, 0.25) is 0 Å². The van der Waals surface area contributed by atoms with Crippen molar-refractivity contribution in [2.45, 2.75) is 27.7 Å². The van der Waals surface area contributed by atoms with E-state index in [1.165, 1.54) is 0 Å². The lowest BCUT2D eigenvalue weighted by molar-refractivity contribution is 0.731. The van der Waals surface area contributed by atoms with Crippen LogP contribution < -0.4 is 5.43 Å². The van der Waals surface area contributed by atoms with Gasteiger partial charge in [0.1, 0.15) is 0 Å². The Morgan fingerprint density at radius 3 is 1.30 bits per heavy atom. The molecule has 0 radical (unpaired) electrons. The van der Waals surface area contributed by atoms with Crippen LogP contribution in [0.15, 0.2) is 4.79 Å². The second kappa shape index (κ2) is 3.91. The summed E-state index contributed by atoms with van der Waals surface area (Å²) >= 11 is 0. The topological polar surface area (TPSA) is 52.7 Å². The highest BCUT2D eigenvalue weighted by atomic mass is 16.1. The fourth-order valence-corrected chi connectivity index (χ4v) is 2.92. The predicted molar refractivity (Wildman–Crippen MR) is 78.4 cm³/mol. The number of nitrogens with zero attached hydrogens (tertiary/aromatic N) is 4. The molecule has 0 unspecified atom stereocenters. The molecule has 0 bridgehead atoms. The van der Waals surface area contributed by atoms with Gasteiger partial charge in [-0.3, -0.25) is 14.2 Å². The Kier molecular flexibility index (Phi) is 2.51. The van der Waals surface area contributed by atoms with Crippen LogP contribution >= 0.6 is 0 Å². The quantitative estimate of drug-likeness (QED) is 0.715. The van der Waals surface area contributed by atoms with Crippen molar-refractivity contribution < 1.29 is 0 Å². The van der Waals surface area contributed by atoms with Gasteiger partial charge < -0.3 is 0 Å². The molecule has 0 aliphatic carbocycles. The van der Waals surface area contributed by atoms with Gasteiger partial charge in [-0.1, -0.05) is 0 Å². The first-order chi connectivity index (χ1) is 9.34. The molecule has 20 heavy (non-hydrogen) atoms. The smallest absolute Gasteiger partial charge is 0.196 e. The summed E-state index contributed by atoms with van der Waals surface area (Å²) in [5.74, 6) is 0. The molecule has 2 heterocycles. The van der Waals surface area contributed by atoms with E-state index in [4.69, 9.17) is 0 Å². The zero-order valence-electron chi connectivity index (χ0n) is 12.7. The third-order valence-electron chi connectivity index (χ3n) is 4.16. The van der Waals surface area contributed by atoms with Crippen LogP contribution in [0.3, 0.4) is 0 Å². The molecule has 2 aromatic heterocycles. The minimum atomic E-state index is 0.128. The van der Waals surface area contributed by atoms with E-state index in [0.717, 1.165) is 45.0 Å². The maximum absolute atomic E-state index is 12.3. The zero-order valence-corrected chi connectivity index (χ0v) is 12.7. The molecule has 3 rings (SSSR count). The molecule has 1 aromatic carbocycles. The van der Waals surface area contributed by atoms with Crippen molar-refractivity contribution in [3.8, 4) is 22.3 Å². The van der Waals surface area contributed by atoms with Crippen LogP contribution in [0, 0.1) is 27.7 Å². The summed E-state index contributed by atoms with van der Waals surface area (Å²) in [5, 5.41) is 8.79. The highest BCUT2D eigenvalue weighted by molar-refractivity contribution is 5.97. The molecule has 0 saturated carbocycles. The van der Waals surface area contributed by atoms with Gasteiger partial charge in [0.05, 0.1) is 11.4 Å². The lowest BCUT2D eigenvalue weighted by Gasteiger charge is -1.96. The molecule has 0 saturated heterocycles. The van der Waals surface area contributed by atoms with E-state index in [-0.39, 0.29) is 5.43 Å². The molecular formula is C15H18N4O. The molecule has 0 aliphatic rings. The van der Waals surface area contributed by atoms with Crippen molar-refractivity contribution >= 4 is 0 Å².